The Morgan fingerprint density at radius 1 is 0.906 bits per heavy atom. The molecule has 0 saturated carbocycles. The summed E-state index contributed by atoms with van der Waals surface area (Å²) in [4.78, 5) is 11.6. The van der Waals surface area contributed by atoms with Gasteiger partial charge in [-0.15, -0.1) is 0 Å². The fourth-order valence-electron chi connectivity index (χ4n) is 2.77. The number of rotatable bonds is 6. The number of halogens is 3. The predicted octanol–water partition coefficient (Wildman–Crippen LogP) is 5.41. The first-order valence-corrected chi connectivity index (χ1v) is 10.6. The zero-order valence-electron chi connectivity index (χ0n) is 16.6. The molecule has 3 aromatic carbocycles. The molecule has 9 heteroatoms. The number of carboxylic acid groups (broad SMARTS) is 1. The number of alkyl halides is 3. The molecule has 0 aromatic heterocycles. The van der Waals surface area contributed by atoms with Gasteiger partial charge in [-0.1, -0.05) is 42.0 Å². The van der Waals surface area contributed by atoms with Gasteiger partial charge in [0.2, 0.25) is 0 Å². The molecule has 166 valence electrons. The lowest BCUT2D eigenvalue weighted by Gasteiger charge is -2.09. The van der Waals surface area contributed by atoms with Crippen molar-refractivity contribution in [3.05, 3.63) is 95.1 Å². The van der Waals surface area contributed by atoms with E-state index in [1.165, 1.54) is 42.5 Å². The molecular formula is C23H17F3O5S. The molecule has 32 heavy (non-hydrogen) atoms. The van der Waals surface area contributed by atoms with Crippen LogP contribution in [0.5, 0.6) is 5.75 Å². The van der Waals surface area contributed by atoms with Crippen LogP contribution in [-0.2, 0) is 21.1 Å². The second kappa shape index (κ2) is 8.88. The van der Waals surface area contributed by atoms with E-state index in [4.69, 9.17) is 4.18 Å². The van der Waals surface area contributed by atoms with Crippen molar-refractivity contribution in [1.82, 2.24) is 0 Å². The first-order chi connectivity index (χ1) is 15.0. The molecule has 0 spiro atoms. The number of carboxylic acids is 1. The zero-order valence-corrected chi connectivity index (χ0v) is 17.4. The third kappa shape index (κ3) is 5.55. The third-order valence-electron chi connectivity index (χ3n) is 4.46. The quantitative estimate of drug-likeness (QED) is 0.301. The molecule has 1 N–H and O–H groups in total. The summed E-state index contributed by atoms with van der Waals surface area (Å²) < 4.78 is 68.0. The van der Waals surface area contributed by atoms with Crippen LogP contribution in [0.1, 0.15) is 22.3 Å². The van der Waals surface area contributed by atoms with E-state index in [1.807, 2.05) is 6.92 Å². The van der Waals surface area contributed by atoms with E-state index in [1.54, 1.807) is 12.1 Å². The normalized spacial score (nSPS) is 12.4. The number of aryl methyl sites for hydroxylation is 1. The Morgan fingerprint density at radius 2 is 1.47 bits per heavy atom. The van der Waals surface area contributed by atoms with E-state index < -0.39 is 27.8 Å². The molecule has 0 heterocycles. The third-order valence-corrected chi connectivity index (χ3v) is 5.72. The molecule has 0 unspecified atom stereocenters. The molecule has 0 fully saturated rings. The fourth-order valence-corrected chi connectivity index (χ4v) is 3.70. The first kappa shape index (κ1) is 23.1. The van der Waals surface area contributed by atoms with Crippen LogP contribution in [0.15, 0.2) is 77.7 Å². The first-order valence-electron chi connectivity index (χ1n) is 9.19. The Morgan fingerprint density at radius 3 is 1.97 bits per heavy atom. The molecule has 3 aromatic rings. The van der Waals surface area contributed by atoms with Crippen molar-refractivity contribution in [3.63, 3.8) is 0 Å². The summed E-state index contributed by atoms with van der Waals surface area (Å²) in [5.41, 5.74) is 0.263. The number of benzene rings is 3. The van der Waals surface area contributed by atoms with Crippen LogP contribution in [0, 0.1) is 6.92 Å². The second-order valence-corrected chi connectivity index (χ2v) is 8.40. The van der Waals surface area contributed by atoms with Gasteiger partial charge >= 0.3 is 22.3 Å². The van der Waals surface area contributed by atoms with Gasteiger partial charge in [0.25, 0.3) is 0 Å². The molecule has 0 atom stereocenters. The smallest absolute Gasteiger partial charge is 0.416 e. The second-order valence-electron chi connectivity index (χ2n) is 6.86. The van der Waals surface area contributed by atoms with Crippen molar-refractivity contribution >= 4 is 27.7 Å². The van der Waals surface area contributed by atoms with Gasteiger partial charge in [-0.2, -0.15) is 21.6 Å². The lowest BCUT2D eigenvalue weighted by atomic mass is 10.0. The maximum atomic E-state index is 12.7. The highest BCUT2D eigenvalue weighted by molar-refractivity contribution is 7.87. The number of hydrogen-bond donors (Lipinski definition) is 1. The molecule has 0 aliphatic heterocycles. The van der Waals surface area contributed by atoms with E-state index in [0.29, 0.717) is 5.56 Å². The van der Waals surface area contributed by atoms with Gasteiger partial charge in [0.15, 0.2) is 0 Å². The number of aliphatic carboxylic acids is 1. The Labute approximate surface area is 182 Å². The minimum Gasteiger partial charge on any atom is -0.478 e. The van der Waals surface area contributed by atoms with Crippen molar-refractivity contribution in [2.45, 2.75) is 18.0 Å². The monoisotopic (exact) mass is 462 g/mol. The maximum Gasteiger partial charge on any atom is 0.416 e. The predicted molar refractivity (Wildman–Crippen MR) is 112 cm³/mol. The van der Waals surface area contributed by atoms with E-state index in [2.05, 4.69) is 0 Å². The topological polar surface area (TPSA) is 80.7 Å². The van der Waals surface area contributed by atoms with Crippen molar-refractivity contribution in [2.75, 3.05) is 0 Å². The van der Waals surface area contributed by atoms with Crippen LogP contribution < -0.4 is 4.18 Å². The van der Waals surface area contributed by atoms with E-state index in [0.717, 1.165) is 29.8 Å². The van der Waals surface area contributed by atoms with Gasteiger partial charge in [0.05, 0.1) is 11.1 Å². The van der Waals surface area contributed by atoms with E-state index >= 15 is 0 Å². The molecule has 0 bridgehead atoms. The van der Waals surface area contributed by atoms with Crippen LogP contribution in [0.3, 0.4) is 0 Å². The standard InChI is InChI=1S/C23H17F3O5S/c1-15-2-12-20(13-3-15)32(29,30)31-19-10-4-16(5-11-19)14-21(22(27)28)17-6-8-18(9-7-17)23(24,25)26/h2-14H,1H3,(H,27,28)/b21-14+. The average Bonchev–Trinajstić information content (AvgIpc) is 2.72. The maximum absolute atomic E-state index is 12.7. The van der Waals surface area contributed by atoms with Crippen molar-refractivity contribution in [1.29, 1.82) is 0 Å². The van der Waals surface area contributed by atoms with Crippen molar-refractivity contribution in [3.8, 4) is 5.75 Å². The lowest BCUT2D eigenvalue weighted by Crippen LogP contribution is -2.09. The summed E-state index contributed by atoms with van der Waals surface area (Å²) in [5.74, 6) is -1.30. The molecule has 0 aliphatic rings. The van der Waals surface area contributed by atoms with Gasteiger partial charge in [0, 0.05) is 0 Å². The van der Waals surface area contributed by atoms with E-state index in [9.17, 15) is 31.5 Å². The Kier molecular flexibility index (Phi) is 6.40. The molecule has 0 aliphatic carbocycles. The summed E-state index contributed by atoms with van der Waals surface area (Å²) in [5, 5.41) is 9.48. The summed E-state index contributed by atoms with van der Waals surface area (Å²) in [6.07, 6.45) is -3.26. The summed E-state index contributed by atoms with van der Waals surface area (Å²) in [6.45, 7) is 1.82. The molecule has 0 amide bonds. The average molecular weight is 462 g/mol. The van der Waals surface area contributed by atoms with E-state index in [-0.39, 0.29) is 21.8 Å². The van der Waals surface area contributed by atoms with Crippen molar-refractivity contribution in [2.24, 2.45) is 0 Å². The lowest BCUT2D eigenvalue weighted by molar-refractivity contribution is -0.137. The van der Waals surface area contributed by atoms with Gasteiger partial charge in [-0.3, -0.25) is 0 Å². The highest BCUT2D eigenvalue weighted by Crippen LogP contribution is 2.30. The molecule has 0 saturated heterocycles. The van der Waals surface area contributed by atoms with Gasteiger partial charge in [-0.05, 0) is 60.5 Å². The minimum absolute atomic E-state index is 0.0115. The van der Waals surface area contributed by atoms with Crippen LogP contribution in [0.25, 0.3) is 11.6 Å². The van der Waals surface area contributed by atoms with Crippen LogP contribution >= 0.6 is 0 Å². The van der Waals surface area contributed by atoms with Gasteiger partial charge in [-0.25, -0.2) is 4.79 Å². The van der Waals surface area contributed by atoms with Gasteiger partial charge < -0.3 is 9.29 Å². The molecule has 3 rings (SSSR count). The Balaban J connectivity index is 1.83. The van der Waals surface area contributed by atoms with Crippen molar-refractivity contribution < 1.29 is 35.7 Å². The van der Waals surface area contributed by atoms with Crippen LogP contribution in [-0.4, -0.2) is 19.5 Å². The highest BCUT2D eigenvalue weighted by atomic mass is 32.2. The molecule has 0 radical (unpaired) electrons. The SMILES string of the molecule is Cc1ccc(S(=O)(=O)Oc2ccc(/C=C(/C(=O)O)c3ccc(C(F)(F)F)cc3)cc2)cc1. The Bertz CT molecular complexity index is 1240. The highest BCUT2D eigenvalue weighted by Gasteiger charge is 2.30. The summed E-state index contributed by atoms with van der Waals surface area (Å²) >= 11 is 0. The fraction of sp³-hybridized carbons (Fsp3) is 0.0870. The molecular weight excluding hydrogens is 445 g/mol. The largest absolute Gasteiger partial charge is 0.478 e. The van der Waals surface area contributed by atoms with Crippen LogP contribution in [0.2, 0.25) is 0 Å². The number of hydrogen-bond acceptors (Lipinski definition) is 4. The van der Waals surface area contributed by atoms with Gasteiger partial charge in [0.1, 0.15) is 10.6 Å². The molecule has 5 nitrogen and oxygen atoms in total. The van der Waals surface area contributed by atoms with Crippen LogP contribution in [0.4, 0.5) is 13.2 Å². The number of carbonyl (C=O) groups is 1. The minimum atomic E-state index is -4.53. The summed E-state index contributed by atoms with van der Waals surface area (Å²) in [6, 6.07) is 15.5. The zero-order chi connectivity index (χ0) is 23.5. The summed E-state index contributed by atoms with van der Waals surface area (Å²) in [7, 11) is -4.04. The Hall–Kier alpha value is -3.59.